The molecule has 1 aliphatic rings. The molecule has 0 saturated heterocycles. The van der Waals surface area contributed by atoms with E-state index in [0.717, 1.165) is 28.7 Å². The fraction of sp³-hybridized carbons (Fsp3) is 0.0217. The lowest BCUT2D eigenvalue weighted by atomic mass is 9.93. The number of hydrogen-bond acceptors (Lipinski definition) is 3. The molecule has 7 aromatic carbocycles. The van der Waals surface area contributed by atoms with E-state index in [2.05, 4.69) is 140 Å². The predicted octanol–water partition coefficient (Wildman–Crippen LogP) is 11.4. The van der Waals surface area contributed by atoms with E-state index in [1.54, 1.807) is 0 Å². The summed E-state index contributed by atoms with van der Waals surface area (Å²) >= 11 is 0. The van der Waals surface area contributed by atoms with Gasteiger partial charge in [0.25, 0.3) is 0 Å². The molecule has 0 unspecified atom stereocenters. The molecule has 0 atom stereocenters. The van der Waals surface area contributed by atoms with Crippen LogP contribution < -0.4 is 0 Å². The van der Waals surface area contributed by atoms with Gasteiger partial charge in [0.15, 0.2) is 17.5 Å². The lowest BCUT2D eigenvalue weighted by Gasteiger charge is -2.11. The maximum absolute atomic E-state index is 4.99. The largest absolute Gasteiger partial charge is 0.208 e. The molecule has 1 aliphatic carbocycles. The minimum Gasteiger partial charge on any atom is -0.208 e. The molecule has 0 fully saturated rings. The number of benzene rings is 7. The molecule has 1 heterocycles. The average Bonchev–Trinajstić information content (AvgIpc) is 3.57. The third-order valence-electron chi connectivity index (χ3n) is 9.39. The highest BCUT2D eigenvalue weighted by molar-refractivity contribution is 5.91. The van der Waals surface area contributed by atoms with Crippen molar-refractivity contribution < 1.29 is 0 Å². The van der Waals surface area contributed by atoms with E-state index in [1.165, 1.54) is 50.1 Å². The zero-order valence-electron chi connectivity index (χ0n) is 26.8. The van der Waals surface area contributed by atoms with E-state index in [9.17, 15) is 0 Å². The second-order valence-corrected chi connectivity index (χ2v) is 12.4. The zero-order chi connectivity index (χ0) is 32.6. The van der Waals surface area contributed by atoms with Crippen LogP contribution in [-0.2, 0) is 6.42 Å². The van der Waals surface area contributed by atoms with E-state index >= 15 is 0 Å². The first-order chi connectivity index (χ1) is 24.3. The van der Waals surface area contributed by atoms with Crippen LogP contribution >= 0.6 is 0 Å². The Labute approximate surface area is 286 Å². The van der Waals surface area contributed by atoms with Gasteiger partial charge in [-0.3, -0.25) is 0 Å². The monoisotopic (exact) mass is 625 g/mol. The molecule has 0 amide bonds. The van der Waals surface area contributed by atoms with Crippen LogP contribution in [-0.4, -0.2) is 15.0 Å². The van der Waals surface area contributed by atoms with Gasteiger partial charge in [0.2, 0.25) is 0 Å². The average molecular weight is 626 g/mol. The first-order valence-electron chi connectivity index (χ1n) is 16.7. The van der Waals surface area contributed by atoms with Crippen LogP contribution in [0, 0.1) is 0 Å². The summed E-state index contributed by atoms with van der Waals surface area (Å²) in [6.07, 6.45) is 0.944. The number of hydrogen-bond donors (Lipinski definition) is 0. The van der Waals surface area contributed by atoms with Crippen molar-refractivity contribution in [1.82, 2.24) is 15.0 Å². The lowest BCUT2D eigenvalue weighted by Crippen LogP contribution is -2.00. The van der Waals surface area contributed by atoms with Crippen LogP contribution in [0.5, 0.6) is 0 Å². The zero-order valence-corrected chi connectivity index (χ0v) is 26.8. The lowest BCUT2D eigenvalue weighted by molar-refractivity contribution is 1.07. The Bertz CT molecular complexity index is 2420. The standard InChI is InChI=1S/C46H31N3/c1-4-11-31(12-5-1)32-19-23-36(24-20-32)45-47-44(35-15-8-3-9-16-35)48-46(49-45)37-25-21-33(22-26-37)38-27-28-42-40(29-38)30-39-17-10-18-41(43(39)42)34-13-6-2-7-14-34/h1-29H,30H2. The van der Waals surface area contributed by atoms with Crippen molar-refractivity contribution in [2.75, 3.05) is 0 Å². The van der Waals surface area contributed by atoms with Gasteiger partial charge in [-0.05, 0) is 62.1 Å². The summed E-state index contributed by atoms with van der Waals surface area (Å²) in [6.45, 7) is 0. The third-order valence-corrected chi connectivity index (χ3v) is 9.39. The predicted molar refractivity (Wildman–Crippen MR) is 201 cm³/mol. The first-order valence-corrected chi connectivity index (χ1v) is 16.7. The molecule has 49 heavy (non-hydrogen) atoms. The molecule has 0 aliphatic heterocycles. The second kappa shape index (κ2) is 12.3. The SMILES string of the molecule is c1ccc(-c2ccc(-c3nc(-c4ccccc4)nc(-c4ccc(-c5ccc6c(c5)Cc5cccc(-c7ccccc7)c5-6)cc4)n3)cc2)cc1. The second-order valence-electron chi connectivity index (χ2n) is 12.4. The summed E-state index contributed by atoms with van der Waals surface area (Å²) in [5.41, 5.74) is 15.6. The topological polar surface area (TPSA) is 38.7 Å². The Kier molecular flexibility index (Phi) is 7.21. The Morgan fingerprint density at radius 1 is 0.286 bits per heavy atom. The highest BCUT2D eigenvalue weighted by Gasteiger charge is 2.22. The minimum atomic E-state index is 0.653. The fourth-order valence-electron chi connectivity index (χ4n) is 6.90. The summed E-state index contributed by atoms with van der Waals surface area (Å²) < 4.78 is 0. The van der Waals surface area contributed by atoms with Crippen LogP contribution in [0.3, 0.4) is 0 Å². The van der Waals surface area contributed by atoms with Gasteiger partial charge >= 0.3 is 0 Å². The maximum atomic E-state index is 4.99. The van der Waals surface area contributed by atoms with Gasteiger partial charge in [0.1, 0.15) is 0 Å². The van der Waals surface area contributed by atoms with Gasteiger partial charge in [-0.1, -0.05) is 176 Å². The smallest absolute Gasteiger partial charge is 0.164 e. The maximum Gasteiger partial charge on any atom is 0.164 e. The summed E-state index contributed by atoms with van der Waals surface area (Å²) in [6, 6.07) is 61.8. The minimum absolute atomic E-state index is 0.653. The van der Waals surface area contributed by atoms with Gasteiger partial charge in [0.05, 0.1) is 0 Å². The molecule has 0 radical (unpaired) electrons. The van der Waals surface area contributed by atoms with Crippen molar-refractivity contribution in [2.45, 2.75) is 6.42 Å². The van der Waals surface area contributed by atoms with Crippen LogP contribution in [0.1, 0.15) is 11.1 Å². The van der Waals surface area contributed by atoms with Gasteiger partial charge in [-0.25, -0.2) is 15.0 Å². The first kappa shape index (κ1) is 28.7. The summed E-state index contributed by atoms with van der Waals surface area (Å²) in [5.74, 6) is 1.96. The van der Waals surface area contributed by atoms with Crippen LogP contribution in [0.25, 0.3) is 78.7 Å². The molecule has 9 rings (SSSR count). The Hall–Kier alpha value is -6.45. The quantitative estimate of drug-likeness (QED) is 0.185. The van der Waals surface area contributed by atoms with Crippen molar-refractivity contribution in [2.24, 2.45) is 0 Å². The van der Waals surface area contributed by atoms with Gasteiger partial charge in [0, 0.05) is 16.7 Å². The van der Waals surface area contributed by atoms with E-state index < -0.39 is 0 Å². The fourth-order valence-corrected chi connectivity index (χ4v) is 6.90. The number of fused-ring (bicyclic) bond motifs is 3. The van der Waals surface area contributed by atoms with E-state index in [0.29, 0.717) is 17.5 Å². The van der Waals surface area contributed by atoms with Gasteiger partial charge in [-0.2, -0.15) is 0 Å². The van der Waals surface area contributed by atoms with E-state index in [1.807, 2.05) is 36.4 Å². The van der Waals surface area contributed by atoms with Crippen molar-refractivity contribution in [3.8, 4) is 78.7 Å². The molecule has 0 bridgehead atoms. The summed E-state index contributed by atoms with van der Waals surface area (Å²) in [5, 5.41) is 0. The van der Waals surface area contributed by atoms with Crippen molar-refractivity contribution in [3.63, 3.8) is 0 Å². The number of aromatic nitrogens is 3. The molecule has 0 N–H and O–H groups in total. The Morgan fingerprint density at radius 3 is 1.29 bits per heavy atom. The van der Waals surface area contributed by atoms with Crippen LogP contribution in [0.4, 0.5) is 0 Å². The Balaban J connectivity index is 1.05. The number of rotatable bonds is 6. The highest BCUT2D eigenvalue weighted by Crippen LogP contribution is 2.44. The molecular formula is C46H31N3. The molecular weight excluding hydrogens is 595 g/mol. The van der Waals surface area contributed by atoms with E-state index in [-0.39, 0.29) is 0 Å². The molecule has 3 heteroatoms. The van der Waals surface area contributed by atoms with E-state index in [4.69, 9.17) is 15.0 Å². The number of nitrogens with zero attached hydrogens (tertiary/aromatic N) is 3. The normalized spacial score (nSPS) is 11.6. The molecule has 0 spiro atoms. The van der Waals surface area contributed by atoms with Gasteiger partial charge < -0.3 is 0 Å². The van der Waals surface area contributed by atoms with Crippen molar-refractivity contribution >= 4 is 0 Å². The molecule has 8 aromatic rings. The third kappa shape index (κ3) is 5.52. The summed E-state index contributed by atoms with van der Waals surface area (Å²) in [7, 11) is 0. The van der Waals surface area contributed by atoms with Crippen molar-refractivity contribution in [3.05, 3.63) is 187 Å². The summed E-state index contributed by atoms with van der Waals surface area (Å²) in [4.78, 5) is 14.9. The van der Waals surface area contributed by atoms with Crippen molar-refractivity contribution in [1.29, 1.82) is 0 Å². The highest BCUT2D eigenvalue weighted by atomic mass is 15.0. The molecule has 0 saturated carbocycles. The molecule has 3 nitrogen and oxygen atoms in total. The van der Waals surface area contributed by atoms with Crippen LogP contribution in [0.2, 0.25) is 0 Å². The van der Waals surface area contributed by atoms with Crippen LogP contribution in [0.15, 0.2) is 176 Å². The van der Waals surface area contributed by atoms with Gasteiger partial charge in [-0.15, -0.1) is 0 Å². The molecule has 230 valence electrons. The Morgan fingerprint density at radius 2 is 0.714 bits per heavy atom. The molecule has 1 aromatic heterocycles.